The Kier molecular flexibility index (Phi) is 4.79. The van der Waals surface area contributed by atoms with E-state index in [9.17, 15) is 14.4 Å². The number of nitrogens with zero attached hydrogens (tertiary/aromatic N) is 2. The zero-order valence-electron chi connectivity index (χ0n) is 14.4. The molecule has 132 valence electrons. The number of fused-ring (bicyclic) bond motifs is 1. The second-order valence-corrected chi connectivity index (χ2v) is 5.82. The molecule has 0 saturated carbocycles. The van der Waals surface area contributed by atoms with Crippen molar-refractivity contribution in [2.75, 3.05) is 11.9 Å². The maximum atomic E-state index is 12.4. The van der Waals surface area contributed by atoms with Crippen LogP contribution in [0, 0.1) is 6.92 Å². The van der Waals surface area contributed by atoms with Gasteiger partial charge in [-0.3, -0.25) is 9.59 Å². The molecular formula is C19H17N3O4. The summed E-state index contributed by atoms with van der Waals surface area (Å²) in [6.45, 7) is 1.46. The third-order valence-corrected chi connectivity index (χ3v) is 3.79. The number of amides is 1. The van der Waals surface area contributed by atoms with Crippen molar-refractivity contribution in [3.8, 4) is 0 Å². The molecule has 1 heterocycles. The summed E-state index contributed by atoms with van der Waals surface area (Å²) in [6, 6.07) is 13.9. The normalized spacial score (nSPS) is 10.5. The Morgan fingerprint density at radius 2 is 1.85 bits per heavy atom. The van der Waals surface area contributed by atoms with E-state index in [1.807, 2.05) is 25.1 Å². The lowest BCUT2D eigenvalue weighted by atomic mass is 10.1. The zero-order chi connectivity index (χ0) is 18.7. The number of rotatable bonds is 4. The molecule has 0 aliphatic rings. The molecule has 1 amide bonds. The number of anilines is 1. The largest absolute Gasteiger partial charge is 0.451 e. The number of nitrogens with one attached hydrogen (secondary N) is 1. The highest BCUT2D eigenvalue weighted by molar-refractivity contribution is 6.03. The van der Waals surface area contributed by atoms with Crippen LogP contribution in [0.3, 0.4) is 0 Å². The molecule has 7 nitrogen and oxygen atoms in total. The van der Waals surface area contributed by atoms with Gasteiger partial charge < -0.3 is 10.1 Å². The third-order valence-electron chi connectivity index (χ3n) is 3.79. The van der Waals surface area contributed by atoms with Gasteiger partial charge in [-0.05, 0) is 30.7 Å². The SMILES string of the molecule is Cc1cccc(NC(=O)COC(=O)c2nn(C)c(=O)c3ccccc23)c1. The molecule has 0 fully saturated rings. The molecule has 0 aliphatic carbocycles. The van der Waals surface area contributed by atoms with Crippen molar-refractivity contribution >= 4 is 28.3 Å². The maximum Gasteiger partial charge on any atom is 0.359 e. The zero-order valence-corrected chi connectivity index (χ0v) is 14.4. The van der Waals surface area contributed by atoms with Crippen LogP contribution in [0.4, 0.5) is 5.69 Å². The Balaban J connectivity index is 1.75. The van der Waals surface area contributed by atoms with E-state index in [1.165, 1.54) is 7.05 Å². The molecule has 0 aliphatic heterocycles. The van der Waals surface area contributed by atoms with Gasteiger partial charge in [0.05, 0.1) is 5.39 Å². The predicted molar refractivity (Wildman–Crippen MR) is 97.1 cm³/mol. The van der Waals surface area contributed by atoms with Crippen molar-refractivity contribution in [2.45, 2.75) is 6.92 Å². The molecule has 2 aromatic carbocycles. The first kappa shape index (κ1) is 17.3. The number of esters is 1. The summed E-state index contributed by atoms with van der Waals surface area (Å²) in [6.07, 6.45) is 0. The molecule has 3 aromatic rings. The fourth-order valence-electron chi connectivity index (χ4n) is 2.57. The predicted octanol–water partition coefficient (Wildman–Crippen LogP) is 2.04. The van der Waals surface area contributed by atoms with Crippen LogP contribution >= 0.6 is 0 Å². The van der Waals surface area contributed by atoms with E-state index >= 15 is 0 Å². The molecule has 0 spiro atoms. The minimum absolute atomic E-state index is 0.00828. The number of carbonyl (C=O) groups is 2. The van der Waals surface area contributed by atoms with Gasteiger partial charge in [-0.25, -0.2) is 9.48 Å². The first-order chi connectivity index (χ1) is 12.5. The quantitative estimate of drug-likeness (QED) is 0.727. The molecule has 26 heavy (non-hydrogen) atoms. The maximum absolute atomic E-state index is 12.4. The van der Waals surface area contributed by atoms with Crippen molar-refractivity contribution in [1.82, 2.24) is 9.78 Å². The van der Waals surface area contributed by atoms with Crippen LogP contribution in [0.1, 0.15) is 16.1 Å². The Bertz CT molecular complexity index is 1060. The molecule has 7 heteroatoms. The molecule has 0 unspecified atom stereocenters. The minimum atomic E-state index is -0.767. The first-order valence-electron chi connectivity index (χ1n) is 7.95. The molecule has 1 N–H and O–H groups in total. The number of benzene rings is 2. The van der Waals surface area contributed by atoms with Crippen LogP contribution in [0.25, 0.3) is 10.8 Å². The Morgan fingerprint density at radius 1 is 1.12 bits per heavy atom. The first-order valence-corrected chi connectivity index (χ1v) is 7.95. The average molecular weight is 351 g/mol. The number of aromatic nitrogens is 2. The summed E-state index contributed by atoms with van der Waals surface area (Å²) >= 11 is 0. The average Bonchev–Trinajstić information content (AvgIpc) is 2.63. The number of carbonyl (C=O) groups excluding carboxylic acids is 2. The van der Waals surface area contributed by atoms with Gasteiger partial charge in [0.1, 0.15) is 0 Å². The summed E-state index contributed by atoms with van der Waals surface area (Å²) in [5.41, 5.74) is 1.30. The summed E-state index contributed by atoms with van der Waals surface area (Å²) in [5.74, 6) is -1.23. The second kappa shape index (κ2) is 7.18. The molecular weight excluding hydrogens is 334 g/mol. The standard InChI is InChI=1S/C19H17N3O4/c1-12-6-5-7-13(10-12)20-16(23)11-26-19(25)17-14-8-3-4-9-15(14)18(24)22(2)21-17/h3-10H,11H2,1-2H3,(H,20,23). The van der Waals surface area contributed by atoms with Gasteiger partial charge in [-0.15, -0.1) is 0 Å². The van der Waals surface area contributed by atoms with Crippen LogP contribution in [-0.4, -0.2) is 28.3 Å². The van der Waals surface area contributed by atoms with Crippen LogP contribution in [0.2, 0.25) is 0 Å². The van der Waals surface area contributed by atoms with Crippen molar-refractivity contribution < 1.29 is 14.3 Å². The number of hydrogen-bond acceptors (Lipinski definition) is 5. The summed E-state index contributed by atoms with van der Waals surface area (Å²) in [5, 5.41) is 7.38. The van der Waals surface area contributed by atoms with Crippen molar-refractivity contribution in [1.29, 1.82) is 0 Å². The van der Waals surface area contributed by atoms with E-state index in [0.29, 0.717) is 16.5 Å². The van der Waals surface area contributed by atoms with Gasteiger partial charge in [0.15, 0.2) is 12.3 Å². The lowest BCUT2D eigenvalue weighted by molar-refractivity contribution is -0.119. The lowest BCUT2D eigenvalue weighted by Gasteiger charge is -2.09. The van der Waals surface area contributed by atoms with Crippen LogP contribution in [0.15, 0.2) is 53.3 Å². The van der Waals surface area contributed by atoms with E-state index in [0.717, 1.165) is 10.2 Å². The van der Waals surface area contributed by atoms with Gasteiger partial charge in [-0.2, -0.15) is 5.10 Å². The van der Waals surface area contributed by atoms with Crippen LogP contribution in [0.5, 0.6) is 0 Å². The van der Waals surface area contributed by atoms with E-state index in [4.69, 9.17) is 4.74 Å². The monoisotopic (exact) mass is 351 g/mol. The van der Waals surface area contributed by atoms with Crippen molar-refractivity contribution in [2.24, 2.45) is 7.05 Å². The molecule has 3 rings (SSSR count). The van der Waals surface area contributed by atoms with E-state index in [2.05, 4.69) is 10.4 Å². The van der Waals surface area contributed by atoms with E-state index in [1.54, 1.807) is 30.3 Å². The highest BCUT2D eigenvalue weighted by Crippen LogP contribution is 2.14. The van der Waals surface area contributed by atoms with Crippen LogP contribution in [-0.2, 0) is 16.6 Å². The van der Waals surface area contributed by atoms with Gasteiger partial charge in [-0.1, -0.05) is 30.3 Å². The van der Waals surface area contributed by atoms with Crippen molar-refractivity contribution in [3.05, 3.63) is 70.1 Å². The molecule has 0 radical (unpaired) electrons. The van der Waals surface area contributed by atoms with E-state index < -0.39 is 18.5 Å². The topological polar surface area (TPSA) is 90.3 Å². The fraction of sp³-hybridized carbons (Fsp3) is 0.158. The number of aryl methyl sites for hydroxylation is 2. The third kappa shape index (κ3) is 3.61. The molecule has 0 bridgehead atoms. The van der Waals surface area contributed by atoms with Gasteiger partial charge in [0.2, 0.25) is 0 Å². The Labute approximate surface area is 149 Å². The fourth-order valence-corrected chi connectivity index (χ4v) is 2.57. The highest BCUT2D eigenvalue weighted by atomic mass is 16.5. The Hall–Kier alpha value is -3.48. The lowest BCUT2D eigenvalue weighted by Crippen LogP contribution is -2.26. The Morgan fingerprint density at radius 3 is 2.58 bits per heavy atom. The highest BCUT2D eigenvalue weighted by Gasteiger charge is 2.18. The van der Waals surface area contributed by atoms with Gasteiger partial charge >= 0.3 is 5.97 Å². The summed E-state index contributed by atoms with van der Waals surface area (Å²) < 4.78 is 6.14. The second-order valence-electron chi connectivity index (χ2n) is 5.82. The van der Waals surface area contributed by atoms with Gasteiger partial charge in [0.25, 0.3) is 11.5 Å². The van der Waals surface area contributed by atoms with Gasteiger partial charge in [0, 0.05) is 18.1 Å². The van der Waals surface area contributed by atoms with Crippen molar-refractivity contribution in [3.63, 3.8) is 0 Å². The van der Waals surface area contributed by atoms with Crippen LogP contribution < -0.4 is 10.9 Å². The summed E-state index contributed by atoms with van der Waals surface area (Å²) in [4.78, 5) is 36.4. The molecule has 1 aromatic heterocycles. The minimum Gasteiger partial charge on any atom is -0.451 e. The molecule has 0 atom stereocenters. The van der Waals surface area contributed by atoms with E-state index in [-0.39, 0.29) is 11.3 Å². The number of ether oxygens (including phenoxy) is 1. The smallest absolute Gasteiger partial charge is 0.359 e. The summed E-state index contributed by atoms with van der Waals surface area (Å²) in [7, 11) is 1.45. The molecule has 0 saturated heterocycles. The number of hydrogen-bond donors (Lipinski definition) is 1.